The van der Waals surface area contributed by atoms with Crippen LogP contribution < -0.4 is 4.74 Å². The summed E-state index contributed by atoms with van der Waals surface area (Å²) in [4.78, 5) is 21.0. The minimum Gasteiger partial charge on any atom is -0.457 e. The molecule has 0 spiro atoms. The summed E-state index contributed by atoms with van der Waals surface area (Å²) in [5, 5.41) is 10.6. The molecule has 20 heavy (non-hydrogen) atoms. The van der Waals surface area contributed by atoms with Gasteiger partial charge in [-0.25, -0.2) is 0 Å². The Morgan fingerprint density at radius 1 is 1.25 bits per heavy atom. The largest absolute Gasteiger partial charge is 0.457 e. The molecule has 2 aromatic rings. The molecule has 2 aromatic carbocycles. The minimum atomic E-state index is -0.581. The van der Waals surface area contributed by atoms with E-state index in [0.29, 0.717) is 23.3 Å². The number of nitrogens with zero attached hydrogens (tertiary/aromatic N) is 1. The molecule has 0 aliphatic heterocycles. The van der Waals surface area contributed by atoms with E-state index in [1.807, 2.05) is 0 Å². The van der Waals surface area contributed by atoms with Gasteiger partial charge in [0.25, 0.3) is 5.69 Å². The van der Waals surface area contributed by atoms with Gasteiger partial charge in [0, 0.05) is 16.6 Å². The van der Waals surface area contributed by atoms with E-state index in [1.54, 1.807) is 18.2 Å². The van der Waals surface area contributed by atoms with Gasteiger partial charge in [-0.05, 0) is 24.3 Å². The third kappa shape index (κ3) is 3.15. The van der Waals surface area contributed by atoms with E-state index < -0.39 is 4.92 Å². The van der Waals surface area contributed by atoms with Crippen LogP contribution in [0.5, 0.6) is 11.5 Å². The molecule has 0 N–H and O–H groups in total. The Kier molecular flexibility index (Phi) is 4.36. The van der Waals surface area contributed by atoms with E-state index in [9.17, 15) is 14.9 Å². The minimum absolute atomic E-state index is 0.0323. The third-order valence-corrected chi connectivity index (χ3v) is 3.24. The monoisotopic (exact) mass is 355 g/mol. The SMILES string of the molecule is O=Cc1ccc(Br)cc1Oc1ccc([N+](=O)[O-])c(Cl)c1. The molecule has 7 heteroatoms. The van der Waals surface area contributed by atoms with Crippen LogP contribution in [0.1, 0.15) is 10.4 Å². The lowest BCUT2D eigenvalue weighted by atomic mass is 10.2. The summed E-state index contributed by atoms with van der Waals surface area (Å²) < 4.78 is 6.27. The van der Waals surface area contributed by atoms with E-state index in [1.165, 1.54) is 18.2 Å². The number of hydrogen-bond acceptors (Lipinski definition) is 4. The summed E-state index contributed by atoms with van der Waals surface area (Å²) in [5.41, 5.74) is 0.159. The van der Waals surface area contributed by atoms with Crippen molar-refractivity contribution >= 4 is 39.5 Å². The van der Waals surface area contributed by atoms with Crippen molar-refractivity contribution in [1.29, 1.82) is 0 Å². The molecule has 0 aliphatic carbocycles. The maximum atomic E-state index is 10.9. The first-order valence-corrected chi connectivity index (χ1v) is 6.55. The highest BCUT2D eigenvalue weighted by Gasteiger charge is 2.13. The van der Waals surface area contributed by atoms with Gasteiger partial charge in [0.05, 0.1) is 10.5 Å². The zero-order chi connectivity index (χ0) is 14.7. The Bertz CT molecular complexity index is 690. The van der Waals surface area contributed by atoms with Gasteiger partial charge >= 0.3 is 0 Å². The smallest absolute Gasteiger partial charge is 0.288 e. The molecule has 2 rings (SSSR count). The first-order valence-electron chi connectivity index (χ1n) is 5.38. The molecule has 102 valence electrons. The number of benzene rings is 2. The fourth-order valence-electron chi connectivity index (χ4n) is 1.52. The summed E-state index contributed by atoms with van der Waals surface area (Å²) in [7, 11) is 0. The molecule has 0 aliphatic rings. The Morgan fingerprint density at radius 3 is 2.60 bits per heavy atom. The lowest BCUT2D eigenvalue weighted by molar-refractivity contribution is -0.384. The van der Waals surface area contributed by atoms with Gasteiger partial charge in [0.15, 0.2) is 6.29 Å². The van der Waals surface area contributed by atoms with Gasteiger partial charge < -0.3 is 4.74 Å². The Morgan fingerprint density at radius 2 is 2.00 bits per heavy atom. The fraction of sp³-hybridized carbons (Fsp3) is 0. The van der Waals surface area contributed by atoms with Crippen LogP contribution in [-0.4, -0.2) is 11.2 Å². The van der Waals surface area contributed by atoms with E-state index in [2.05, 4.69) is 15.9 Å². The number of ether oxygens (including phenoxy) is 1. The van der Waals surface area contributed by atoms with Gasteiger partial charge in [-0.3, -0.25) is 14.9 Å². The number of rotatable bonds is 4. The van der Waals surface area contributed by atoms with Crippen LogP contribution in [0.15, 0.2) is 40.9 Å². The first kappa shape index (κ1) is 14.5. The number of halogens is 2. The van der Waals surface area contributed by atoms with Crippen molar-refractivity contribution in [2.45, 2.75) is 0 Å². The van der Waals surface area contributed by atoms with Crippen LogP contribution >= 0.6 is 27.5 Å². The number of aldehydes is 1. The van der Waals surface area contributed by atoms with Crippen molar-refractivity contribution in [2.24, 2.45) is 0 Å². The van der Waals surface area contributed by atoms with E-state index in [4.69, 9.17) is 16.3 Å². The molecule has 0 aromatic heterocycles. The Balaban J connectivity index is 2.35. The summed E-state index contributed by atoms with van der Waals surface area (Å²) in [6, 6.07) is 8.92. The zero-order valence-electron chi connectivity index (χ0n) is 9.88. The van der Waals surface area contributed by atoms with Crippen LogP contribution in [0.25, 0.3) is 0 Å². The fourth-order valence-corrected chi connectivity index (χ4v) is 2.10. The van der Waals surface area contributed by atoms with Crippen LogP contribution in [0.2, 0.25) is 5.02 Å². The predicted octanol–water partition coefficient (Wildman–Crippen LogP) is 4.62. The summed E-state index contributed by atoms with van der Waals surface area (Å²) >= 11 is 9.07. The summed E-state index contributed by atoms with van der Waals surface area (Å²) in [6.45, 7) is 0. The highest BCUT2D eigenvalue weighted by atomic mass is 79.9. The maximum Gasteiger partial charge on any atom is 0.288 e. The van der Waals surface area contributed by atoms with Gasteiger partial charge in [-0.1, -0.05) is 27.5 Å². The lowest BCUT2D eigenvalue weighted by Gasteiger charge is -2.08. The number of carbonyl (C=O) groups is 1. The first-order chi connectivity index (χ1) is 9.51. The molecule has 0 fully saturated rings. The number of hydrogen-bond donors (Lipinski definition) is 0. The van der Waals surface area contributed by atoms with E-state index >= 15 is 0 Å². The molecule has 0 heterocycles. The van der Waals surface area contributed by atoms with Crippen LogP contribution in [-0.2, 0) is 0 Å². The summed E-state index contributed by atoms with van der Waals surface area (Å²) in [5.74, 6) is 0.640. The topological polar surface area (TPSA) is 69.4 Å². The van der Waals surface area contributed by atoms with Gasteiger partial charge in [0.1, 0.15) is 16.5 Å². The van der Waals surface area contributed by atoms with Crippen molar-refractivity contribution in [1.82, 2.24) is 0 Å². The predicted molar refractivity (Wildman–Crippen MR) is 77.7 cm³/mol. The maximum absolute atomic E-state index is 10.9. The quantitative estimate of drug-likeness (QED) is 0.455. The standard InChI is InChI=1S/C13H7BrClNO4/c14-9-2-1-8(7-17)13(5-9)20-10-3-4-12(16(18)19)11(15)6-10/h1-7H. The number of nitro groups is 1. The molecule has 0 bridgehead atoms. The van der Waals surface area contributed by atoms with Gasteiger partial charge in [0.2, 0.25) is 0 Å². The van der Waals surface area contributed by atoms with Crippen molar-refractivity contribution in [2.75, 3.05) is 0 Å². The second kappa shape index (κ2) is 6.02. The molecular weight excluding hydrogens is 350 g/mol. The van der Waals surface area contributed by atoms with Crippen molar-refractivity contribution in [3.05, 3.63) is 61.6 Å². The van der Waals surface area contributed by atoms with Gasteiger partial charge in [-0.15, -0.1) is 0 Å². The third-order valence-electron chi connectivity index (χ3n) is 2.45. The van der Waals surface area contributed by atoms with Crippen LogP contribution in [0.4, 0.5) is 5.69 Å². The highest BCUT2D eigenvalue weighted by molar-refractivity contribution is 9.10. The molecule has 0 saturated carbocycles. The van der Waals surface area contributed by atoms with Gasteiger partial charge in [-0.2, -0.15) is 0 Å². The molecule has 0 radical (unpaired) electrons. The molecule has 0 amide bonds. The Hall–Kier alpha value is -1.92. The number of nitro benzene ring substituents is 1. The zero-order valence-corrected chi connectivity index (χ0v) is 12.2. The van der Waals surface area contributed by atoms with Crippen LogP contribution in [0.3, 0.4) is 0 Å². The second-order valence-electron chi connectivity index (χ2n) is 3.77. The normalized spacial score (nSPS) is 10.1. The van der Waals surface area contributed by atoms with E-state index in [0.717, 1.165) is 4.47 Å². The number of carbonyl (C=O) groups excluding carboxylic acids is 1. The second-order valence-corrected chi connectivity index (χ2v) is 5.10. The van der Waals surface area contributed by atoms with Crippen molar-refractivity contribution < 1.29 is 14.5 Å². The summed E-state index contributed by atoms with van der Waals surface area (Å²) in [6.07, 6.45) is 0.661. The van der Waals surface area contributed by atoms with E-state index in [-0.39, 0.29) is 10.7 Å². The van der Waals surface area contributed by atoms with Crippen molar-refractivity contribution in [3.63, 3.8) is 0 Å². The molecule has 0 unspecified atom stereocenters. The van der Waals surface area contributed by atoms with Crippen molar-refractivity contribution in [3.8, 4) is 11.5 Å². The molecule has 0 atom stereocenters. The lowest BCUT2D eigenvalue weighted by Crippen LogP contribution is -1.92. The molecule has 0 saturated heterocycles. The van der Waals surface area contributed by atoms with Crippen LogP contribution in [0, 0.1) is 10.1 Å². The highest BCUT2D eigenvalue weighted by Crippen LogP contribution is 2.32. The molecule has 5 nitrogen and oxygen atoms in total. The average Bonchev–Trinajstić information content (AvgIpc) is 2.38. The molecular formula is C13H7BrClNO4. The Labute approximate surface area is 127 Å². The average molecular weight is 357 g/mol.